The molecular weight excluding hydrogens is 293 g/mol. The highest BCUT2D eigenvalue weighted by molar-refractivity contribution is 7.87. The van der Waals surface area contributed by atoms with Gasteiger partial charge in [-0.3, -0.25) is 0 Å². The van der Waals surface area contributed by atoms with Crippen LogP contribution in [0.25, 0.3) is 0 Å². The molecule has 0 atom stereocenters. The highest BCUT2D eigenvalue weighted by Gasteiger charge is 2.24. The number of benzene rings is 1. The van der Waals surface area contributed by atoms with Crippen molar-refractivity contribution in [3.05, 3.63) is 35.1 Å². The number of nitrogens with zero attached hydrogens (tertiary/aromatic N) is 1. The first-order chi connectivity index (χ1) is 10.0. The summed E-state index contributed by atoms with van der Waals surface area (Å²) in [6, 6.07) is 4.35. The molecule has 21 heavy (non-hydrogen) atoms. The van der Waals surface area contributed by atoms with Crippen molar-refractivity contribution in [2.24, 2.45) is 5.73 Å². The molecule has 1 aromatic carbocycles. The Labute approximate surface area is 124 Å². The van der Waals surface area contributed by atoms with Gasteiger partial charge in [-0.15, -0.1) is 0 Å². The first-order valence-electron chi connectivity index (χ1n) is 6.75. The predicted molar refractivity (Wildman–Crippen MR) is 78.9 cm³/mol. The maximum Gasteiger partial charge on any atom is 0.279 e. The minimum absolute atomic E-state index is 0.0944. The smallest absolute Gasteiger partial charge is 0.279 e. The Hall–Kier alpha value is -1.46. The maximum atomic E-state index is 13.7. The van der Waals surface area contributed by atoms with Crippen LogP contribution in [0.3, 0.4) is 0 Å². The van der Waals surface area contributed by atoms with Crippen molar-refractivity contribution in [3.63, 3.8) is 0 Å². The molecule has 1 heterocycles. The van der Waals surface area contributed by atoms with Gasteiger partial charge < -0.3 is 5.73 Å². The van der Waals surface area contributed by atoms with Gasteiger partial charge in [0.2, 0.25) is 0 Å². The van der Waals surface area contributed by atoms with Crippen molar-refractivity contribution < 1.29 is 12.8 Å². The van der Waals surface area contributed by atoms with Crippen LogP contribution in [0.1, 0.15) is 24.0 Å². The molecule has 0 saturated carbocycles. The van der Waals surface area contributed by atoms with E-state index in [-0.39, 0.29) is 18.7 Å². The topological polar surface area (TPSA) is 75.4 Å². The lowest BCUT2D eigenvalue weighted by molar-refractivity contribution is 0.463. The van der Waals surface area contributed by atoms with Gasteiger partial charge in [-0.1, -0.05) is 11.8 Å². The summed E-state index contributed by atoms with van der Waals surface area (Å²) in [4.78, 5) is 0. The minimum atomic E-state index is -3.54. The largest absolute Gasteiger partial charge is 0.320 e. The molecule has 1 fully saturated rings. The van der Waals surface area contributed by atoms with Crippen LogP contribution in [0.5, 0.6) is 0 Å². The van der Waals surface area contributed by atoms with Crippen LogP contribution in [0.4, 0.5) is 4.39 Å². The molecule has 0 amide bonds. The first kappa shape index (κ1) is 15.9. The van der Waals surface area contributed by atoms with Crippen molar-refractivity contribution in [3.8, 4) is 11.8 Å². The van der Waals surface area contributed by atoms with E-state index in [2.05, 4.69) is 16.6 Å². The lowest BCUT2D eigenvalue weighted by Crippen LogP contribution is -2.38. The molecule has 0 aromatic heterocycles. The molecule has 114 valence electrons. The molecule has 0 bridgehead atoms. The SMILES string of the molecule is NCC#Cc1ccc(F)c(CNS(=O)(=O)N2CCCC2)c1. The number of rotatable bonds is 4. The summed E-state index contributed by atoms with van der Waals surface area (Å²) in [6.07, 6.45) is 1.72. The van der Waals surface area contributed by atoms with E-state index in [1.54, 1.807) is 0 Å². The third-order valence-electron chi connectivity index (χ3n) is 3.23. The average Bonchev–Trinajstić information content (AvgIpc) is 3.00. The van der Waals surface area contributed by atoms with Crippen molar-refractivity contribution in [1.29, 1.82) is 0 Å². The molecule has 0 spiro atoms. The van der Waals surface area contributed by atoms with Gasteiger partial charge in [-0.25, -0.2) is 4.39 Å². The van der Waals surface area contributed by atoms with Gasteiger partial charge in [0.15, 0.2) is 0 Å². The fourth-order valence-electron chi connectivity index (χ4n) is 2.13. The summed E-state index contributed by atoms with van der Waals surface area (Å²) < 4.78 is 41.6. The summed E-state index contributed by atoms with van der Waals surface area (Å²) >= 11 is 0. The van der Waals surface area contributed by atoms with E-state index >= 15 is 0 Å². The van der Waals surface area contributed by atoms with Gasteiger partial charge in [-0.2, -0.15) is 17.4 Å². The zero-order valence-corrected chi connectivity index (χ0v) is 12.4. The molecule has 3 N–H and O–H groups in total. The number of halogens is 1. The second-order valence-corrected chi connectivity index (χ2v) is 6.50. The zero-order valence-electron chi connectivity index (χ0n) is 11.6. The molecule has 1 saturated heterocycles. The molecule has 0 aliphatic carbocycles. The Balaban J connectivity index is 2.08. The van der Waals surface area contributed by atoms with E-state index in [1.807, 2.05) is 0 Å². The van der Waals surface area contributed by atoms with E-state index in [0.29, 0.717) is 18.7 Å². The molecule has 5 nitrogen and oxygen atoms in total. The van der Waals surface area contributed by atoms with Crippen LogP contribution in [0.2, 0.25) is 0 Å². The zero-order chi connectivity index (χ0) is 15.3. The summed E-state index contributed by atoms with van der Waals surface area (Å²) in [5, 5.41) is 0. The number of hydrogen-bond acceptors (Lipinski definition) is 3. The quantitative estimate of drug-likeness (QED) is 0.798. The Morgan fingerprint density at radius 3 is 2.71 bits per heavy atom. The Kier molecular flexibility index (Phi) is 5.31. The summed E-state index contributed by atoms with van der Waals surface area (Å²) in [6.45, 7) is 1.15. The fourth-order valence-corrected chi connectivity index (χ4v) is 3.39. The van der Waals surface area contributed by atoms with Crippen LogP contribution in [-0.2, 0) is 16.8 Å². The minimum Gasteiger partial charge on any atom is -0.320 e. The molecule has 2 rings (SSSR count). The second-order valence-electron chi connectivity index (χ2n) is 4.74. The molecule has 1 aliphatic heterocycles. The summed E-state index contributed by atoms with van der Waals surface area (Å²) in [5.41, 5.74) is 6.16. The van der Waals surface area contributed by atoms with Crippen molar-refractivity contribution in [1.82, 2.24) is 9.03 Å². The average molecular weight is 311 g/mol. The van der Waals surface area contributed by atoms with E-state index < -0.39 is 16.0 Å². The highest BCUT2D eigenvalue weighted by atomic mass is 32.2. The third kappa shape index (κ3) is 4.25. The Bertz CT molecular complexity index is 659. The predicted octanol–water partition coefficient (Wildman–Crippen LogP) is 0.566. The number of nitrogens with two attached hydrogens (primary N) is 1. The van der Waals surface area contributed by atoms with Gasteiger partial charge in [0.25, 0.3) is 10.2 Å². The standard InChI is InChI=1S/C14H18FN3O2S/c15-14-6-5-12(4-3-7-16)10-13(14)11-17-21(19,20)18-8-1-2-9-18/h5-6,10,17H,1-2,7-9,11,16H2. The third-order valence-corrected chi connectivity index (χ3v) is 4.78. The van der Waals surface area contributed by atoms with Gasteiger partial charge >= 0.3 is 0 Å². The van der Waals surface area contributed by atoms with Crippen molar-refractivity contribution in [2.45, 2.75) is 19.4 Å². The van der Waals surface area contributed by atoms with E-state index in [9.17, 15) is 12.8 Å². The second kappa shape index (κ2) is 7.00. The number of hydrogen-bond donors (Lipinski definition) is 2. The maximum absolute atomic E-state index is 13.7. The molecule has 0 radical (unpaired) electrons. The van der Waals surface area contributed by atoms with Crippen LogP contribution >= 0.6 is 0 Å². The molecule has 0 unspecified atom stereocenters. The Morgan fingerprint density at radius 1 is 1.33 bits per heavy atom. The van der Waals surface area contributed by atoms with E-state index in [4.69, 9.17) is 5.73 Å². The number of nitrogens with one attached hydrogen (secondary N) is 1. The van der Waals surface area contributed by atoms with Crippen LogP contribution < -0.4 is 10.5 Å². The van der Waals surface area contributed by atoms with Gasteiger partial charge in [-0.05, 0) is 31.0 Å². The normalized spacial score (nSPS) is 15.7. The monoisotopic (exact) mass is 311 g/mol. The molecular formula is C14H18FN3O2S. The fraction of sp³-hybridized carbons (Fsp3) is 0.429. The molecule has 1 aliphatic rings. The van der Waals surface area contributed by atoms with Gasteiger partial charge in [0.1, 0.15) is 5.82 Å². The lowest BCUT2D eigenvalue weighted by atomic mass is 10.1. The summed E-state index contributed by atoms with van der Waals surface area (Å²) in [7, 11) is -3.54. The van der Waals surface area contributed by atoms with Crippen LogP contribution in [0, 0.1) is 17.7 Å². The van der Waals surface area contributed by atoms with E-state index in [0.717, 1.165) is 12.8 Å². The lowest BCUT2D eigenvalue weighted by Gasteiger charge is -2.16. The van der Waals surface area contributed by atoms with Gasteiger partial charge in [0.05, 0.1) is 6.54 Å². The highest BCUT2D eigenvalue weighted by Crippen LogP contribution is 2.14. The first-order valence-corrected chi connectivity index (χ1v) is 8.19. The van der Waals surface area contributed by atoms with Crippen molar-refractivity contribution in [2.75, 3.05) is 19.6 Å². The molecule has 7 heteroatoms. The van der Waals surface area contributed by atoms with Crippen LogP contribution in [0.15, 0.2) is 18.2 Å². The van der Waals surface area contributed by atoms with Gasteiger partial charge in [0, 0.05) is 30.8 Å². The van der Waals surface area contributed by atoms with Crippen LogP contribution in [-0.4, -0.2) is 32.4 Å². The molecule has 1 aromatic rings. The Morgan fingerprint density at radius 2 is 2.05 bits per heavy atom. The van der Waals surface area contributed by atoms with Crippen molar-refractivity contribution >= 4 is 10.2 Å². The summed E-state index contributed by atoms with van der Waals surface area (Å²) in [5.74, 6) is 5.01. The van der Waals surface area contributed by atoms with E-state index in [1.165, 1.54) is 22.5 Å².